The molecule has 0 aliphatic heterocycles. The largest absolute Gasteiger partial charge is 0.458 e. The molecule has 0 saturated heterocycles. The second-order valence-corrected chi connectivity index (χ2v) is 5.86. The molecule has 0 aliphatic carbocycles. The summed E-state index contributed by atoms with van der Waals surface area (Å²) in [5, 5.41) is 2.66. The lowest BCUT2D eigenvalue weighted by molar-refractivity contribution is -0.158. The van der Waals surface area contributed by atoms with Crippen molar-refractivity contribution in [3.8, 4) is 0 Å². The topological polar surface area (TPSA) is 81.2 Å². The molecule has 0 aliphatic rings. The number of hydrogen-bond acceptors (Lipinski definition) is 5. The Bertz CT molecular complexity index is 466. The molecule has 1 aromatic rings. The highest BCUT2D eigenvalue weighted by atomic mass is 16.6. The standard InChI is InChI=1S/C14H21N3O3/c1-9(2)11(13(19)20-14(3,4)5)17-12(18)10-6-15-8-16-7-10/h6-9,11H,1-5H3,(H,17,18)/t11-/m1/s1. The Kier molecular flexibility index (Phi) is 5.19. The van der Waals surface area contributed by atoms with Crippen molar-refractivity contribution < 1.29 is 14.3 Å². The van der Waals surface area contributed by atoms with Crippen molar-refractivity contribution in [2.24, 2.45) is 5.92 Å². The van der Waals surface area contributed by atoms with Gasteiger partial charge in [0.05, 0.1) is 5.56 Å². The zero-order valence-corrected chi connectivity index (χ0v) is 12.5. The molecule has 20 heavy (non-hydrogen) atoms. The fraction of sp³-hybridized carbons (Fsp3) is 0.571. The fourth-order valence-corrected chi connectivity index (χ4v) is 1.50. The van der Waals surface area contributed by atoms with E-state index in [0.29, 0.717) is 5.56 Å². The van der Waals surface area contributed by atoms with Crippen molar-refractivity contribution in [3.05, 3.63) is 24.3 Å². The second-order valence-electron chi connectivity index (χ2n) is 5.86. The first-order chi connectivity index (χ1) is 9.20. The molecule has 0 radical (unpaired) electrons. The first-order valence-electron chi connectivity index (χ1n) is 6.49. The Labute approximate surface area is 119 Å². The molecule has 1 atom stereocenters. The number of nitrogens with zero attached hydrogens (tertiary/aromatic N) is 2. The Morgan fingerprint density at radius 2 is 1.75 bits per heavy atom. The summed E-state index contributed by atoms with van der Waals surface area (Å²) < 4.78 is 5.31. The maximum atomic E-state index is 12.1. The average molecular weight is 279 g/mol. The van der Waals surface area contributed by atoms with Crippen LogP contribution in [0.4, 0.5) is 0 Å². The SMILES string of the molecule is CC(C)[C@@H](NC(=O)c1cncnc1)C(=O)OC(C)(C)C. The van der Waals surface area contributed by atoms with Crippen LogP contribution in [0.2, 0.25) is 0 Å². The van der Waals surface area contributed by atoms with Crippen LogP contribution in [0.25, 0.3) is 0 Å². The van der Waals surface area contributed by atoms with E-state index in [1.807, 2.05) is 13.8 Å². The molecule has 110 valence electrons. The van der Waals surface area contributed by atoms with Crippen LogP contribution in [0.3, 0.4) is 0 Å². The third kappa shape index (κ3) is 4.95. The Morgan fingerprint density at radius 3 is 2.20 bits per heavy atom. The van der Waals surface area contributed by atoms with Gasteiger partial charge in [0.15, 0.2) is 0 Å². The number of carbonyl (C=O) groups excluding carboxylic acids is 2. The van der Waals surface area contributed by atoms with Crippen molar-refractivity contribution in [1.29, 1.82) is 0 Å². The minimum Gasteiger partial charge on any atom is -0.458 e. The van der Waals surface area contributed by atoms with Gasteiger partial charge in [-0.2, -0.15) is 0 Å². The van der Waals surface area contributed by atoms with Gasteiger partial charge in [0.25, 0.3) is 5.91 Å². The van der Waals surface area contributed by atoms with Gasteiger partial charge in [0.1, 0.15) is 18.0 Å². The minimum absolute atomic E-state index is 0.0848. The van der Waals surface area contributed by atoms with Crippen molar-refractivity contribution in [2.75, 3.05) is 0 Å². The van der Waals surface area contributed by atoms with E-state index in [4.69, 9.17) is 4.74 Å². The number of esters is 1. The van der Waals surface area contributed by atoms with Crippen molar-refractivity contribution >= 4 is 11.9 Å². The van der Waals surface area contributed by atoms with E-state index in [9.17, 15) is 9.59 Å². The molecule has 0 bridgehead atoms. The molecule has 1 heterocycles. The summed E-state index contributed by atoms with van der Waals surface area (Å²) in [6.07, 6.45) is 4.13. The van der Waals surface area contributed by atoms with E-state index in [1.54, 1.807) is 20.8 Å². The molecule has 0 saturated carbocycles. The van der Waals surface area contributed by atoms with Gasteiger partial charge in [-0.15, -0.1) is 0 Å². The molecule has 1 N–H and O–H groups in total. The highest BCUT2D eigenvalue weighted by molar-refractivity contribution is 5.96. The average Bonchev–Trinajstić information content (AvgIpc) is 2.34. The van der Waals surface area contributed by atoms with Crippen LogP contribution in [0, 0.1) is 5.92 Å². The number of ether oxygens (including phenoxy) is 1. The predicted molar refractivity (Wildman–Crippen MR) is 74.0 cm³/mol. The zero-order chi connectivity index (χ0) is 15.3. The summed E-state index contributed by atoms with van der Waals surface area (Å²) in [5.74, 6) is -0.925. The number of rotatable bonds is 4. The Hall–Kier alpha value is -1.98. The molecule has 1 aromatic heterocycles. The number of amides is 1. The van der Waals surface area contributed by atoms with E-state index in [2.05, 4.69) is 15.3 Å². The molecule has 1 rings (SSSR count). The molecular weight excluding hydrogens is 258 g/mol. The highest BCUT2D eigenvalue weighted by Crippen LogP contribution is 2.12. The van der Waals surface area contributed by atoms with E-state index >= 15 is 0 Å². The summed E-state index contributed by atoms with van der Waals surface area (Å²) in [4.78, 5) is 31.7. The highest BCUT2D eigenvalue weighted by Gasteiger charge is 2.29. The maximum Gasteiger partial charge on any atom is 0.329 e. The number of nitrogens with one attached hydrogen (secondary N) is 1. The number of carbonyl (C=O) groups is 2. The van der Waals surface area contributed by atoms with E-state index in [-0.39, 0.29) is 5.92 Å². The Morgan fingerprint density at radius 1 is 1.20 bits per heavy atom. The molecule has 6 heteroatoms. The summed E-state index contributed by atoms with van der Waals surface area (Å²) in [6.45, 7) is 9.05. The maximum absolute atomic E-state index is 12.1. The minimum atomic E-state index is -0.707. The van der Waals surface area contributed by atoms with Crippen LogP contribution in [-0.4, -0.2) is 33.5 Å². The van der Waals surface area contributed by atoms with Crippen molar-refractivity contribution in [2.45, 2.75) is 46.3 Å². The van der Waals surface area contributed by atoms with Gasteiger partial charge in [-0.1, -0.05) is 13.8 Å². The predicted octanol–water partition coefficient (Wildman–Crippen LogP) is 1.57. The van der Waals surface area contributed by atoms with Gasteiger partial charge in [0.2, 0.25) is 0 Å². The third-order valence-corrected chi connectivity index (χ3v) is 2.44. The van der Waals surface area contributed by atoms with Gasteiger partial charge in [-0.25, -0.2) is 14.8 Å². The van der Waals surface area contributed by atoms with Gasteiger partial charge < -0.3 is 10.1 Å². The Balaban J connectivity index is 2.78. The van der Waals surface area contributed by atoms with Crippen molar-refractivity contribution in [3.63, 3.8) is 0 Å². The lowest BCUT2D eigenvalue weighted by atomic mass is 10.0. The number of hydrogen-bond donors (Lipinski definition) is 1. The van der Waals surface area contributed by atoms with E-state index < -0.39 is 23.5 Å². The summed E-state index contributed by atoms with van der Waals surface area (Å²) >= 11 is 0. The van der Waals surface area contributed by atoms with Crippen LogP contribution in [0.5, 0.6) is 0 Å². The molecule has 0 fully saturated rings. The quantitative estimate of drug-likeness (QED) is 0.846. The smallest absolute Gasteiger partial charge is 0.329 e. The third-order valence-electron chi connectivity index (χ3n) is 2.44. The molecule has 0 unspecified atom stereocenters. The summed E-state index contributed by atoms with van der Waals surface area (Å²) in [7, 11) is 0. The zero-order valence-electron chi connectivity index (χ0n) is 12.5. The summed E-state index contributed by atoms with van der Waals surface area (Å²) in [5.41, 5.74) is -0.285. The molecule has 0 spiro atoms. The molecular formula is C14H21N3O3. The fourth-order valence-electron chi connectivity index (χ4n) is 1.50. The van der Waals surface area contributed by atoms with Crippen LogP contribution < -0.4 is 5.32 Å². The normalized spacial score (nSPS) is 12.9. The summed E-state index contributed by atoms with van der Waals surface area (Å²) in [6, 6.07) is -0.707. The van der Waals surface area contributed by atoms with E-state index in [0.717, 1.165) is 0 Å². The van der Waals surface area contributed by atoms with Gasteiger partial charge >= 0.3 is 5.97 Å². The van der Waals surface area contributed by atoms with Crippen molar-refractivity contribution in [1.82, 2.24) is 15.3 Å². The van der Waals surface area contributed by atoms with Crippen LogP contribution in [0.15, 0.2) is 18.7 Å². The monoisotopic (exact) mass is 279 g/mol. The molecule has 1 amide bonds. The van der Waals surface area contributed by atoms with Crippen LogP contribution >= 0.6 is 0 Å². The molecule has 0 aromatic carbocycles. The number of aromatic nitrogens is 2. The first kappa shape index (κ1) is 16.1. The lowest BCUT2D eigenvalue weighted by Crippen LogP contribution is -2.47. The van der Waals surface area contributed by atoms with Crippen LogP contribution in [0.1, 0.15) is 45.0 Å². The van der Waals surface area contributed by atoms with Crippen LogP contribution in [-0.2, 0) is 9.53 Å². The van der Waals surface area contributed by atoms with Gasteiger partial charge in [0, 0.05) is 12.4 Å². The molecule has 6 nitrogen and oxygen atoms in total. The first-order valence-corrected chi connectivity index (χ1v) is 6.49. The van der Waals surface area contributed by atoms with Gasteiger partial charge in [-0.05, 0) is 26.7 Å². The lowest BCUT2D eigenvalue weighted by Gasteiger charge is -2.26. The second kappa shape index (κ2) is 6.45. The van der Waals surface area contributed by atoms with E-state index in [1.165, 1.54) is 18.7 Å². The van der Waals surface area contributed by atoms with Gasteiger partial charge in [-0.3, -0.25) is 4.79 Å².